The quantitative estimate of drug-likeness (QED) is 0.767. The van der Waals surface area contributed by atoms with Crippen LogP contribution in [0.15, 0.2) is 0 Å². The first-order valence-corrected chi connectivity index (χ1v) is 7.71. The Morgan fingerprint density at radius 1 is 1.21 bits per heavy atom. The van der Waals surface area contributed by atoms with Crippen molar-refractivity contribution in [2.75, 3.05) is 39.8 Å². The highest BCUT2D eigenvalue weighted by Gasteiger charge is 2.41. The highest BCUT2D eigenvalue weighted by atomic mass is 16.2. The van der Waals surface area contributed by atoms with Crippen LogP contribution >= 0.6 is 0 Å². The van der Waals surface area contributed by atoms with E-state index in [-0.39, 0.29) is 12.1 Å². The number of piperidine rings is 1. The first-order chi connectivity index (χ1) is 8.97. The van der Waals surface area contributed by atoms with Crippen molar-refractivity contribution < 1.29 is 4.79 Å². The number of nitrogens with zero attached hydrogens (tertiary/aromatic N) is 3. The van der Waals surface area contributed by atoms with Crippen LogP contribution in [-0.2, 0) is 0 Å². The topological polar surface area (TPSA) is 26.8 Å². The van der Waals surface area contributed by atoms with Crippen LogP contribution in [0.5, 0.6) is 0 Å². The van der Waals surface area contributed by atoms with E-state index >= 15 is 0 Å². The normalized spacial score (nSPS) is 23.3. The first kappa shape index (κ1) is 14.6. The van der Waals surface area contributed by atoms with Crippen LogP contribution in [-0.4, -0.2) is 66.5 Å². The molecule has 2 aliphatic heterocycles. The molecule has 2 heterocycles. The van der Waals surface area contributed by atoms with Crippen LogP contribution < -0.4 is 0 Å². The minimum Gasteiger partial charge on any atom is -0.325 e. The SMILES string of the molecule is CCN1CCC2(CCN(C(=O)N(C)C(C)C)CC2)C1. The second-order valence-corrected chi connectivity index (χ2v) is 6.59. The summed E-state index contributed by atoms with van der Waals surface area (Å²) in [5.41, 5.74) is 0.503. The molecule has 0 atom stereocenters. The van der Waals surface area contributed by atoms with E-state index in [1.807, 2.05) is 16.8 Å². The molecule has 0 N–H and O–H groups in total. The van der Waals surface area contributed by atoms with E-state index in [1.165, 1.54) is 38.9 Å². The van der Waals surface area contributed by atoms with Gasteiger partial charge in [-0.1, -0.05) is 6.92 Å². The van der Waals surface area contributed by atoms with Gasteiger partial charge in [-0.15, -0.1) is 0 Å². The molecular formula is C15H29N3O. The minimum absolute atomic E-state index is 0.204. The molecule has 0 unspecified atom stereocenters. The summed E-state index contributed by atoms with van der Waals surface area (Å²) < 4.78 is 0. The van der Waals surface area contributed by atoms with E-state index in [9.17, 15) is 4.79 Å². The smallest absolute Gasteiger partial charge is 0.319 e. The maximum absolute atomic E-state index is 12.3. The Balaban J connectivity index is 1.87. The zero-order valence-electron chi connectivity index (χ0n) is 13.0. The Hall–Kier alpha value is -0.770. The monoisotopic (exact) mass is 267 g/mol. The molecule has 4 nitrogen and oxygen atoms in total. The second kappa shape index (κ2) is 5.70. The molecule has 2 amide bonds. The molecule has 2 fully saturated rings. The number of rotatable bonds is 2. The number of hydrogen-bond acceptors (Lipinski definition) is 2. The summed E-state index contributed by atoms with van der Waals surface area (Å²) in [7, 11) is 1.91. The summed E-state index contributed by atoms with van der Waals surface area (Å²) in [5, 5.41) is 0. The maximum atomic E-state index is 12.3. The van der Waals surface area contributed by atoms with Gasteiger partial charge in [0.2, 0.25) is 0 Å². The average Bonchev–Trinajstić information content (AvgIpc) is 2.81. The fourth-order valence-electron chi connectivity index (χ4n) is 3.32. The molecule has 1 spiro atoms. The van der Waals surface area contributed by atoms with Crippen LogP contribution in [0, 0.1) is 5.41 Å². The maximum Gasteiger partial charge on any atom is 0.319 e. The van der Waals surface area contributed by atoms with Crippen molar-refractivity contribution >= 4 is 6.03 Å². The molecule has 19 heavy (non-hydrogen) atoms. The zero-order valence-corrected chi connectivity index (χ0v) is 13.0. The van der Waals surface area contributed by atoms with Crippen molar-refractivity contribution in [2.24, 2.45) is 5.41 Å². The molecule has 4 heteroatoms. The van der Waals surface area contributed by atoms with Crippen LogP contribution in [0.4, 0.5) is 4.79 Å². The highest BCUT2D eigenvalue weighted by molar-refractivity contribution is 5.74. The fourth-order valence-corrected chi connectivity index (χ4v) is 3.32. The summed E-state index contributed by atoms with van der Waals surface area (Å²) in [6.07, 6.45) is 3.69. The third-order valence-electron chi connectivity index (χ3n) is 5.14. The van der Waals surface area contributed by atoms with Gasteiger partial charge >= 0.3 is 6.03 Å². The molecular weight excluding hydrogens is 238 g/mol. The molecule has 2 rings (SSSR count). The molecule has 0 aromatic rings. The lowest BCUT2D eigenvalue weighted by Gasteiger charge is -2.41. The largest absolute Gasteiger partial charge is 0.325 e. The molecule has 0 radical (unpaired) electrons. The van der Waals surface area contributed by atoms with Gasteiger partial charge in [0.05, 0.1) is 0 Å². The van der Waals surface area contributed by atoms with E-state index in [0.29, 0.717) is 5.41 Å². The first-order valence-electron chi connectivity index (χ1n) is 7.71. The predicted octanol–water partition coefficient (Wildman–Crippen LogP) is 2.25. The Kier molecular flexibility index (Phi) is 4.39. The van der Waals surface area contributed by atoms with E-state index in [1.54, 1.807) is 0 Å². The fraction of sp³-hybridized carbons (Fsp3) is 0.933. The van der Waals surface area contributed by atoms with Crippen LogP contribution in [0.2, 0.25) is 0 Å². The Morgan fingerprint density at radius 3 is 2.26 bits per heavy atom. The zero-order chi connectivity index (χ0) is 14.0. The number of likely N-dealkylation sites (tertiary alicyclic amines) is 2. The molecule has 0 aromatic heterocycles. The summed E-state index contributed by atoms with van der Waals surface area (Å²) in [5.74, 6) is 0. The lowest BCUT2D eigenvalue weighted by Crippen LogP contribution is -2.50. The second-order valence-electron chi connectivity index (χ2n) is 6.59. The van der Waals surface area contributed by atoms with Crippen molar-refractivity contribution in [3.8, 4) is 0 Å². The van der Waals surface area contributed by atoms with Crippen molar-refractivity contribution in [1.29, 1.82) is 0 Å². The Morgan fingerprint density at radius 2 is 1.79 bits per heavy atom. The van der Waals surface area contributed by atoms with Gasteiger partial charge in [0.1, 0.15) is 0 Å². The van der Waals surface area contributed by atoms with Gasteiger partial charge in [0, 0.05) is 32.7 Å². The highest BCUT2D eigenvalue weighted by Crippen LogP contribution is 2.40. The number of carbonyl (C=O) groups excluding carboxylic acids is 1. The van der Waals surface area contributed by atoms with E-state index in [0.717, 1.165) is 13.1 Å². The summed E-state index contributed by atoms with van der Waals surface area (Å²) in [4.78, 5) is 18.8. The number of urea groups is 1. The van der Waals surface area contributed by atoms with E-state index in [4.69, 9.17) is 0 Å². The Bertz CT molecular complexity index is 321. The van der Waals surface area contributed by atoms with Crippen molar-refractivity contribution in [1.82, 2.24) is 14.7 Å². The number of carbonyl (C=O) groups is 1. The van der Waals surface area contributed by atoms with Crippen molar-refractivity contribution in [3.63, 3.8) is 0 Å². The van der Waals surface area contributed by atoms with Gasteiger partial charge in [-0.25, -0.2) is 4.79 Å². The molecule has 0 saturated carbocycles. The van der Waals surface area contributed by atoms with Gasteiger partial charge in [0.25, 0.3) is 0 Å². The number of amides is 2. The third kappa shape index (κ3) is 3.04. The number of hydrogen-bond donors (Lipinski definition) is 0. The van der Waals surface area contributed by atoms with Gasteiger partial charge in [-0.2, -0.15) is 0 Å². The molecule has 2 aliphatic rings. The van der Waals surface area contributed by atoms with Gasteiger partial charge in [0.15, 0.2) is 0 Å². The summed E-state index contributed by atoms with van der Waals surface area (Å²) >= 11 is 0. The third-order valence-corrected chi connectivity index (χ3v) is 5.14. The molecule has 0 bridgehead atoms. The van der Waals surface area contributed by atoms with Gasteiger partial charge in [-0.05, 0) is 51.6 Å². The van der Waals surface area contributed by atoms with Crippen LogP contribution in [0.25, 0.3) is 0 Å². The molecule has 110 valence electrons. The molecule has 2 saturated heterocycles. The Labute approximate surface area is 117 Å². The molecule has 0 aromatic carbocycles. The predicted molar refractivity (Wildman–Crippen MR) is 78.3 cm³/mol. The van der Waals surface area contributed by atoms with Crippen molar-refractivity contribution in [2.45, 2.75) is 46.1 Å². The van der Waals surface area contributed by atoms with E-state index < -0.39 is 0 Å². The summed E-state index contributed by atoms with van der Waals surface area (Å²) in [6, 6.07) is 0.487. The van der Waals surface area contributed by atoms with E-state index in [2.05, 4.69) is 25.7 Å². The standard InChI is InChI=1S/C15H29N3O/c1-5-17-9-6-15(12-17)7-10-18(11-8-15)14(19)16(4)13(2)3/h13H,5-12H2,1-4H3. The lowest BCUT2D eigenvalue weighted by atomic mass is 9.78. The van der Waals surface area contributed by atoms with Crippen LogP contribution in [0.3, 0.4) is 0 Å². The average molecular weight is 267 g/mol. The summed E-state index contributed by atoms with van der Waals surface area (Å²) in [6.45, 7) is 11.9. The van der Waals surface area contributed by atoms with Crippen molar-refractivity contribution in [3.05, 3.63) is 0 Å². The van der Waals surface area contributed by atoms with Crippen LogP contribution in [0.1, 0.15) is 40.0 Å². The molecule has 0 aliphatic carbocycles. The van der Waals surface area contributed by atoms with Gasteiger partial charge in [-0.3, -0.25) is 0 Å². The minimum atomic E-state index is 0.204. The van der Waals surface area contributed by atoms with Gasteiger partial charge < -0.3 is 14.7 Å². The lowest BCUT2D eigenvalue weighted by molar-refractivity contribution is 0.0984.